The molecule has 1 aliphatic rings. The summed E-state index contributed by atoms with van der Waals surface area (Å²) in [6, 6.07) is 0.869. The first-order chi connectivity index (χ1) is 8.53. The van der Waals surface area contributed by atoms with Crippen molar-refractivity contribution in [2.45, 2.75) is 72.3 Å². The third kappa shape index (κ3) is 6.75. The number of nitrogens with zero attached hydrogens (tertiary/aromatic N) is 1. The quantitative estimate of drug-likeness (QED) is 0.697. The van der Waals surface area contributed by atoms with Gasteiger partial charge in [-0.2, -0.15) is 0 Å². The molecule has 0 saturated heterocycles. The van der Waals surface area contributed by atoms with Gasteiger partial charge in [0.1, 0.15) is 0 Å². The molecule has 0 atom stereocenters. The van der Waals surface area contributed by atoms with Crippen LogP contribution in [0.15, 0.2) is 0 Å². The van der Waals surface area contributed by atoms with Crippen LogP contribution in [0.25, 0.3) is 0 Å². The summed E-state index contributed by atoms with van der Waals surface area (Å²) in [5, 5.41) is 3.60. The zero-order chi connectivity index (χ0) is 13.4. The van der Waals surface area contributed by atoms with Gasteiger partial charge in [-0.3, -0.25) is 4.90 Å². The summed E-state index contributed by atoms with van der Waals surface area (Å²) >= 11 is 0. The molecule has 0 aliphatic heterocycles. The van der Waals surface area contributed by atoms with Crippen LogP contribution >= 0.6 is 0 Å². The highest BCUT2D eigenvalue weighted by Crippen LogP contribution is 2.22. The molecule has 2 heteroatoms. The lowest BCUT2D eigenvalue weighted by Crippen LogP contribution is -2.41. The van der Waals surface area contributed by atoms with E-state index in [-0.39, 0.29) is 0 Å². The summed E-state index contributed by atoms with van der Waals surface area (Å²) < 4.78 is 0. The fraction of sp³-hybridized carbons (Fsp3) is 1.00. The fourth-order valence-corrected chi connectivity index (χ4v) is 2.86. The van der Waals surface area contributed by atoms with Gasteiger partial charge in [-0.15, -0.1) is 0 Å². The average Bonchev–Trinajstić information content (AvgIpc) is 2.33. The van der Waals surface area contributed by atoms with Crippen molar-refractivity contribution >= 4 is 0 Å². The molecule has 0 unspecified atom stereocenters. The normalized spacial score (nSPS) is 18.5. The molecule has 108 valence electrons. The second-order valence-corrected chi connectivity index (χ2v) is 6.98. The number of hydrogen-bond acceptors (Lipinski definition) is 2. The van der Waals surface area contributed by atoms with Crippen LogP contribution in [0.3, 0.4) is 0 Å². The molecular weight excluding hydrogens is 220 g/mol. The Morgan fingerprint density at radius 1 is 1.06 bits per heavy atom. The van der Waals surface area contributed by atoms with Gasteiger partial charge < -0.3 is 5.32 Å². The Labute approximate surface area is 115 Å². The van der Waals surface area contributed by atoms with Crippen molar-refractivity contribution in [1.29, 1.82) is 0 Å². The van der Waals surface area contributed by atoms with Gasteiger partial charge in [-0.05, 0) is 37.8 Å². The van der Waals surface area contributed by atoms with Crippen LogP contribution in [-0.4, -0.2) is 37.1 Å². The van der Waals surface area contributed by atoms with E-state index in [2.05, 4.69) is 37.9 Å². The first kappa shape index (κ1) is 16.0. The van der Waals surface area contributed by atoms with E-state index < -0.39 is 0 Å². The summed E-state index contributed by atoms with van der Waals surface area (Å²) in [7, 11) is 0. The SMILES string of the molecule is CCN(CCNCCC(C)(C)C)C1CCCCC1. The highest BCUT2D eigenvalue weighted by molar-refractivity contribution is 4.75. The van der Waals surface area contributed by atoms with Crippen LogP contribution in [0.5, 0.6) is 0 Å². The molecule has 1 aliphatic carbocycles. The number of likely N-dealkylation sites (N-methyl/N-ethyl adjacent to an activating group) is 1. The van der Waals surface area contributed by atoms with E-state index in [9.17, 15) is 0 Å². The molecule has 18 heavy (non-hydrogen) atoms. The first-order valence-corrected chi connectivity index (χ1v) is 7.97. The molecule has 0 amide bonds. The molecule has 0 radical (unpaired) electrons. The summed E-state index contributed by atoms with van der Waals surface area (Å²) in [6.07, 6.45) is 8.46. The molecule has 0 aromatic heterocycles. The van der Waals surface area contributed by atoms with Crippen LogP contribution in [0, 0.1) is 5.41 Å². The van der Waals surface area contributed by atoms with E-state index in [1.165, 1.54) is 51.6 Å². The van der Waals surface area contributed by atoms with Gasteiger partial charge in [0, 0.05) is 19.1 Å². The first-order valence-electron chi connectivity index (χ1n) is 7.97. The minimum Gasteiger partial charge on any atom is -0.315 e. The topological polar surface area (TPSA) is 15.3 Å². The predicted octanol–water partition coefficient (Wildman–Crippen LogP) is 3.67. The van der Waals surface area contributed by atoms with E-state index in [0.717, 1.165) is 19.1 Å². The average molecular weight is 254 g/mol. The molecule has 1 fully saturated rings. The smallest absolute Gasteiger partial charge is 0.0110 e. The zero-order valence-electron chi connectivity index (χ0n) is 13.1. The second-order valence-electron chi connectivity index (χ2n) is 6.98. The summed E-state index contributed by atoms with van der Waals surface area (Å²) in [4.78, 5) is 2.68. The van der Waals surface area contributed by atoms with E-state index in [0.29, 0.717) is 5.41 Å². The Morgan fingerprint density at radius 2 is 1.72 bits per heavy atom. The Hall–Kier alpha value is -0.0800. The maximum Gasteiger partial charge on any atom is 0.0110 e. The minimum atomic E-state index is 0.459. The van der Waals surface area contributed by atoms with Crippen LogP contribution in [0.4, 0.5) is 0 Å². The fourth-order valence-electron chi connectivity index (χ4n) is 2.86. The van der Waals surface area contributed by atoms with E-state index in [1.54, 1.807) is 0 Å². The van der Waals surface area contributed by atoms with Gasteiger partial charge in [0.25, 0.3) is 0 Å². The molecule has 1 saturated carbocycles. The number of nitrogens with one attached hydrogen (secondary N) is 1. The summed E-state index contributed by atoms with van der Waals surface area (Å²) in [5.41, 5.74) is 0.459. The monoisotopic (exact) mass is 254 g/mol. The summed E-state index contributed by atoms with van der Waals surface area (Å²) in [6.45, 7) is 14.0. The second kappa shape index (κ2) is 8.16. The maximum atomic E-state index is 3.60. The van der Waals surface area contributed by atoms with E-state index >= 15 is 0 Å². The molecular formula is C16H34N2. The predicted molar refractivity (Wildman–Crippen MR) is 81.1 cm³/mol. The molecule has 0 heterocycles. The van der Waals surface area contributed by atoms with Crippen LogP contribution in [0.1, 0.15) is 66.2 Å². The molecule has 0 bridgehead atoms. The van der Waals surface area contributed by atoms with Crippen LogP contribution in [-0.2, 0) is 0 Å². The van der Waals surface area contributed by atoms with E-state index in [1.807, 2.05) is 0 Å². The number of rotatable bonds is 7. The number of hydrogen-bond donors (Lipinski definition) is 1. The molecule has 1 N–H and O–H groups in total. The Morgan fingerprint density at radius 3 is 2.28 bits per heavy atom. The highest BCUT2D eigenvalue weighted by atomic mass is 15.2. The van der Waals surface area contributed by atoms with Crippen LogP contribution < -0.4 is 5.32 Å². The lowest BCUT2D eigenvalue weighted by molar-refractivity contribution is 0.164. The van der Waals surface area contributed by atoms with Gasteiger partial charge in [0.2, 0.25) is 0 Å². The van der Waals surface area contributed by atoms with Gasteiger partial charge >= 0.3 is 0 Å². The van der Waals surface area contributed by atoms with Gasteiger partial charge in [-0.1, -0.05) is 47.0 Å². The minimum absolute atomic E-state index is 0.459. The molecule has 2 nitrogen and oxygen atoms in total. The van der Waals surface area contributed by atoms with Crippen molar-refractivity contribution in [3.63, 3.8) is 0 Å². The van der Waals surface area contributed by atoms with E-state index in [4.69, 9.17) is 0 Å². The van der Waals surface area contributed by atoms with Gasteiger partial charge in [0.05, 0.1) is 0 Å². The lowest BCUT2D eigenvalue weighted by Gasteiger charge is -2.33. The van der Waals surface area contributed by atoms with Crippen molar-refractivity contribution in [3.05, 3.63) is 0 Å². The van der Waals surface area contributed by atoms with Crippen molar-refractivity contribution in [3.8, 4) is 0 Å². The molecule has 0 spiro atoms. The van der Waals surface area contributed by atoms with Crippen molar-refractivity contribution in [2.75, 3.05) is 26.2 Å². The van der Waals surface area contributed by atoms with Crippen molar-refractivity contribution < 1.29 is 0 Å². The zero-order valence-corrected chi connectivity index (χ0v) is 13.1. The van der Waals surface area contributed by atoms with Crippen molar-refractivity contribution in [2.24, 2.45) is 5.41 Å². The molecule has 0 aromatic rings. The molecule has 1 rings (SSSR count). The molecule has 0 aromatic carbocycles. The highest BCUT2D eigenvalue weighted by Gasteiger charge is 2.19. The van der Waals surface area contributed by atoms with Crippen molar-refractivity contribution in [1.82, 2.24) is 10.2 Å². The Balaban J connectivity index is 2.11. The third-order valence-electron chi connectivity index (χ3n) is 4.12. The summed E-state index contributed by atoms with van der Waals surface area (Å²) in [5.74, 6) is 0. The van der Waals surface area contributed by atoms with Gasteiger partial charge in [0.15, 0.2) is 0 Å². The maximum absolute atomic E-state index is 3.60. The Bertz CT molecular complexity index is 202. The van der Waals surface area contributed by atoms with Gasteiger partial charge in [-0.25, -0.2) is 0 Å². The lowest BCUT2D eigenvalue weighted by atomic mass is 9.92. The largest absolute Gasteiger partial charge is 0.315 e. The third-order valence-corrected chi connectivity index (χ3v) is 4.12. The van der Waals surface area contributed by atoms with Crippen LogP contribution in [0.2, 0.25) is 0 Å². The Kier molecular flexibility index (Phi) is 7.25. The standard InChI is InChI=1S/C16H34N2/c1-5-18(15-9-7-6-8-10-15)14-13-17-12-11-16(2,3)4/h15,17H,5-14H2,1-4H3.